The fourth-order valence-electron chi connectivity index (χ4n) is 5.28. The lowest BCUT2D eigenvalue weighted by atomic mass is 9.94. The number of hydrogen-bond donors (Lipinski definition) is 2. The summed E-state index contributed by atoms with van der Waals surface area (Å²) in [6.45, 7) is 9.56. The molecule has 3 aromatic rings. The van der Waals surface area contributed by atoms with Gasteiger partial charge in [0, 0.05) is 6.54 Å². The molecule has 0 radical (unpaired) electrons. The fraction of sp³-hybridized carbons (Fsp3) is 0.333. The molecule has 0 spiro atoms. The number of sulfonamides is 1. The minimum atomic E-state index is -3.83. The maximum absolute atomic E-state index is 13.9. The Kier molecular flexibility index (Phi) is 9.92. The number of hydrogen-bond acceptors (Lipinski definition) is 4. The third-order valence-electron chi connectivity index (χ3n) is 7.13. The minimum Gasteiger partial charge on any atom is -0.376 e. The van der Waals surface area contributed by atoms with E-state index in [1.807, 2.05) is 93.6 Å². The molecule has 0 saturated heterocycles. The van der Waals surface area contributed by atoms with Crippen molar-refractivity contribution >= 4 is 10.0 Å². The molecule has 0 aromatic heterocycles. The highest BCUT2D eigenvalue weighted by Gasteiger charge is 2.31. The SMILES string of the molecule is CC1=CCC(COCCN[C@H](c2ccccc2)[C@H](NS(=O)(=O)c2c(C)cc(C)cc2C)c2ccccc2)=CC1. The summed E-state index contributed by atoms with van der Waals surface area (Å²) in [5, 5.41) is 3.61. The standard InChI is InChI=1S/C33H40N2O3S/c1-24-15-17-28(18-16-24)23-38-20-19-34-31(29-11-7-5-8-12-29)32(30-13-9-6-10-14-30)35-39(36,37)33-26(3)21-25(2)22-27(33)4/h5-15,18,21-22,31-32,34-35H,16-17,19-20,23H2,1-4H3/t31-,32-/m1/s1. The van der Waals surface area contributed by atoms with Gasteiger partial charge in [0.2, 0.25) is 10.0 Å². The van der Waals surface area contributed by atoms with Gasteiger partial charge in [0.05, 0.1) is 30.2 Å². The Labute approximate surface area is 234 Å². The van der Waals surface area contributed by atoms with Gasteiger partial charge >= 0.3 is 0 Å². The maximum Gasteiger partial charge on any atom is 0.241 e. The van der Waals surface area contributed by atoms with Crippen molar-refractivity contribution in [2.45, 2.75) is 57.5 Å². The highest BCUT2D eigenvalue weighted by atomic mass is 32.2. The van der Waals surface area contributed by atoms with Gasteiger partial charge in [0.15, 0.2) is 0 Å². The summed E-state index contributed by atoms with van der Waals surface area (Å²) in [7, 11) is -3.83. The first kappa shape index (κ1) is 29.0. The third kappa shape index (κ3) is 7.76. The summed E-state index contributed by atoms with van der Waals surface area (Å²) < 4.78 is 36.9. The lowest BCUT2D eigenvalue weighted by Gasteiger charge is -2.30. The van der Waals surface area contributed by atoms with Crippen molar-refractivity contribution in [3.05, 3.63) is 124 Å². The number of nitrogens with one attached hydrogen (secondary N) is 2. The van der Waals surface area contributed by atoms with E-state index >= 15 is 0 Å². The lowest BCUT2D eigenvalue weighted by Crippen LogP contribution is -2.40. The van der Waals surface area contributed by atoms with Crippen LogP contribution in [-0.4, -0.2) is 28.2 Å². The van der Waals surface area contributed by atoms with Crippen molar-refractivity contribution in [3.8, 4) is 0 Å². The van der Waals surface area contributed by atoms with Crippen LogP contribution in [0.15, 0.2) is 101 Å². The van der Waals surface area contributed by atoms with E-state index in [0.717, 1.165) is 40.7 Å². The van der Waals surface area contributed by atoms with Gasteiger partial charge in [-0.2, -0.15) is 0 Å². The van der Waals surface area contributed by atoms with Crippen LogP contribution in [0.25, 0.3) is 0 Å². The van der Waals surface area contributed by atoms with Gasteiger partial charge < -0.3 is 10.1 Å². The normalized spacial score (nSPS) is 15.4. The molecular formula is C33H40N2O3S. The number of aryl methyl sites for hydroxylation is 3. The van der Waals surface area contributed by atoms with E-state index in [0.29, 0.717) is 24.7 Å². The first-order valence-electron chi connectivity index (χ1n) is 13.6. The average molecular weight is 545 g/mol. The van der Waals surface area contributed by atoms with Gasteiger partial charge in [-0.05, 0) is 68.4 Å². The molecule has 6 heteroatoms. The quantitative estimate of drug-likeness (QED) is 0.198. The summed E-state index contributed by atoms with van der Waals surface area (Å²) in [6.07, 6.45) is 6.45. The summed E-state index contributed by atoms with van der Waals surface area (Å²) in [6, 6.07) is 22.8. The van der Waals surface area contributed by atoms with Gasteiger partial charge in [0.25, 0.3) is 0 Å². The second-order valence-corrected chi connectivity index (χ2v) is 12.1. The van der Waals surface area contributed by atoms with E-state index in [2.05, 4.69) is 29.1 Å². The van der Waals surface area contributed by atoms with Crippen LogP contribution in [0.5, 0.6) is 0 Å². The molecule has 206 valence electrons. The number of ether oxygens (including phenoxy) is 1. The monoisotopic (exact) mass is 544 g/mol. The van der Waals surface area contributed by atoms with Crippen molar-refractivity contribution in [1.82, 2.24) is 10.0 Å². The maximum atomic E-state index is 13.9. The third-order valence-corrected chi connectivity index (χ3v) is 8.88. The summed E-state index contributed by atoms with van der Waals surface area (Å²) in [4.78, 5) is 0.342. The summed E-state index contributed by atoms with van der Waals surface area (Å²) in [5.41, 5.74) is 7.12. The second kappa shape index (κ2) is 13.4. The number of allylic oxidation sites excluding steroid dienone is 3. The number of rotatable bonds is 12. The topological polar surface area (TPSA) is 67.4 Å². The first-order chi connectivity index (χ1) is 18.7. The Morgan fingerprint density at radius 2 is 1.38 bits per heavy atom. The van der Waals surface area contributed by atoms with Crippen LogP contribution >= 0.6 is 0 Å². The zero-order valence-electron chi connectivity index (χ0n) is 23.4. The van der Waals surface area contributed by atoms with E-state index in [4.69, 9.17) is 4.74 Å². The van der Waals surface area contributed by atoms with E-state index in [-0.39, 0.29) is 6.04 Å². The largest absolute Gasteiger partial charge is 0.376 e. The summed E-state index contributed by atoms with van der Waals surface area (Å²) >= 11 is 0. The molecule has 0 aliphatic heterocycles. The lowest BCUT2D eigenvalue weighted by molar-refractivity contribution is 0.152. The number of benzene rings is 3. The molecule has 0 fully saturated rings. The Bertz CT molecular complexity index is 1390. The van der Waals surface area contributed by atoms with Crippen molar-refractivity contribution in [2.24, 2.45) is 0 Å². The van der Waals surface area contributed by atoms with Gasteiger partial charge in [-0.25, -0.2) is 13.1 Å². The molecule has 0 heterocycles. The van der Waals surface area contributed by atoms with E-state index in [1.165, 1.54) is 11.1 Å². The molecule has 2 atom stereocenters. The average Bonchev–Trinajstić information content (AvgIpc) is 2.91. The molecule has 5 nitrogen and oxygen atoms in total. The highest BCUT2D eigenvalue weighted by molar-refractivity contribution is 7.89. The van der Waals surface area contributed by atoms with Gasteiger partial charge in [-0.1, -0.05) is 96.1 Å². The molecule has 1 aliphatic carbocycles. The van der Waals surface area contributed by atoms with Gasteiger partial charge in [-0.3, -0.25) is 0 Å². The van der Waals surface area contributed by atoms with Crippen LogP contribution < -0.4 is 10.0 Å². The smallest absolute Gasteiger partial charge is 0.241 e. The molecule has 4 rings (SSSR count). The van der Waals surface area contributed by atoms with Crippen molar-refractivity contribution < 1.29 is 13.2 Å². The molecule has 3 aromatic carbocycles. The van der Waals surface area contributed by atoms with E-state index in [1.54, 1.807) is 0 Å². The predicted molar refractivity (Wildman–Crippen MR) is 159 cm³/mol. The second-order valence-electron chi connectivity index (χ2n) is 10.5. The van der Waals surface area contributed by atoms with E-state index in [9.17, 15) is 8.42 Å². The summed E-state index contributed by atoms with van der Waals surface area (Å²) in [5.74, 6) is 0. The fourth-order valence-corrected chi connectivity index (χ4v) is 6.97. The van der Waals surface area contributed by atoms with Crippen LogP contribution in [-0.2, 0) is 14.8 Å². The molecule has 39 heavy (non-hydrogen) atoms. The van der Waals surface area contributed by atoms with Crippen LogP contribution in [0.3, 0.4) is 0 Å². The zero-order chi connectivity index (χ0) is 27.8. The molecule has 2 N–H and O–H groups in total. The molecule has 0 bridgehead atoms. The van der Waals surface area contributed by atoms with Gasteiger partial charge in [0.1, 0.15) is 0 Å². The van der Waals surface area contributed by atoms with E-state index < -0.39 is 16.1 Å². The van der Waals surface area contributed by atoms with Crippen LogP contribution in [0.1, 0.15) is 59.7 Å². The van der Waals surface area contributed by atoms with Crippen molar-refractivity contribution in [2.75, 3.05) is 19.8 Å². The Morgan fingerprint density at radius 3 is 1.95 bits per heavy atom. The molecular weight excluding hydrogens is 504 g/mol. The highest BCUT2D eigenvalue weighted by Crippen LogP contribution is 2.32. The molecule has 0 saturated carbocycles. The van der Waals surface area contributed by atoms with Crippen LogP contribution in [0.2, 0.25) is 0 Å². The molecule has 1 aliphatic rings. The van der Waals surface area contributed by atoms with Crippen LogP contribution in [0, 0.1) is 20.8 Å². The van der Waals surface area contributed by atoms with Gasteiger partial charge in [-0.15, -0.1) is 0 Å². The Hall–Kier alpha value is -3.03. The molecule has 0 unspecified atom stereocenters. The minimum absolute atomic E-state index is 0.308. The van der Waals surface area contributed by atoms with Crippen molar-refractivity contribution in [1.29, 1.82) is 0 Å². The first-order valence-corrected chi connectivity index (χ1v) is 15.1. The zero-order valence-corrected chi connectivity index (χ0v) is 24.2. The van der Waals surface area contributed by atoms with Crippen LogP contribution in [0.4, 0.5) is 0 Å². The molecule has 0 amide bonds. The Morgan fingerprint density at radius 1 is 0.795 bits per heavy atom. The van der Waals surface area contributed by atoms with Crippen molar-refractivity contribution in [3.63, 3.8) is 0 Å². The predicted octanol–water partition coefficient (Wildman–Crippen LogP) is 6.65. The Balaban J connectivity index is 1.58.